The van der Waals surface area contributed by atoms with Gasteiger partial charge in [-0.3, -0.25) is 4.62 Å². The van der Waals surface area contributed by atoms with Crippen molar-refractivity contribution >= 4 is 18.9 Å². The molecule has 4 rings (SSSR count). The maximum absolute atomic E-state index is 13.3. The Bertz CT molecular complexity index is 1010. The first kappa shape index (κ1) is 16.2. The number of hydrogen-bond acceptors (Lipinski definition) is 6. The van der Waals surface area contributed by atoms with Gasteiger partial charge in [0.1, 0.15) is 22.5 Å². The number of phosphoric ester groups is 1. The first-order valence-corrected chi connectivity index (χ1v) is 9.28. The van der Waals surface area contributed by atoms with Crippen molar-refractivity contribution in [3.8, 4) is 11.5 Å². The molecule has 0 unspecified atom stereocenters. The summed E-state index contributed by atoms with van der Waals surface area (Å²) in [5.74, 6) is 0.687. The Morgan fingerprint density at radius 2 is 1.27 bits per heavy atom. The van der Waals surface area contributed by atoms with E-state index in [1.807, 2.05) is 18.2 Å². The Kier molecular flexibility index (Phi) is 4.29. The molecular formula is C18H14N3O4P. The van der Waals surface area contributed by atoms with Crippen molar-refractivity contribution in [3.05, 3.63) is 84.9 Å². The highest BCUT2D eigenvalue weighted by Gasteiger charge is 2.35. The van der Waals surface area contributed by atoms with Crippen molar-refractivity contribution in [2.45, 2.75) is 0 Å². The SMILES string of the molecule is O=P(Oc1ccccc1)(Oc1ccccc1)On1nnc2ccccc21. The van der Waals surface area contributed by atoms with Gasteiger partial charge in [-0.15, -0.1) is 5.10 Å². The van der Waals surface area contributed by atoms with Crippen molar-refractivity contribution in [3.63, 3.8) is 0 Å². The molecule has 0 atom stereocenters. The van der Waals surface area contributed by atoms with Crippen LogP contribution in [0.15, 0.2) is 84.9 Å². The monoisotopic (exact) mass is 367 g/mol. The Morgan fingerprint density at radius 1 is 0.731 bits per heavy atom. The predicted octanol–water partition coefficient (Wildman–Crippen LogP) is 4.13. The molecule has 0 amide bonds. The van der Waals surface area contributed by atoms with Crippen LogP contribution in [0, 0.1) is 0 Å². The lowest BCUT2D eigenvalue weighted by molar-refractivity contribution is 0.168. The van der Waals surface area contributed by atoms with E-state index in [1.165, 1.54) is 0 Å². The van der Waals surface area contributed by atoms with Crippen molar-refractivity contribution in [1.82, 2.24) is 15.2 Å². The fraction of sp³-hybridized carbons (Fsp3) is 0. The lowest BCUT2D eigenvalue weighted by atomic mass is 10.3. The maximum Gasteiger partial charge on any atom is 0.668 e. The summed E-state index contributed by atoms with van der Waals surface area (Å²) >= 11 is 0. The van der Waals surface area contributed by atoms with Crippen LogP contribution >= 0.6 is 7.82 Å². The number of rotatable bonds is 6. The average molecular weight is 367 g/mol. The van der Waals surface area contributed by atoms with E-state index in [9.17, 15) is 4.57 Å². The van der Waals surface area contributed by atoms with Crippen LogP contribution in [-0.2, 0) is 4.57 Å². The van der Waals surface area contributed by atoms with Gasteiger partial charge in [0.15, 0.2) is 0 Å². The van der Waals surface area contributed by atoms with Crippen LogP contribution in [-0.4, -0.2) is 15.2 Å². The number of phosphoric acid groups is 1. The molecule has 8 heteroatoms. The van der Waals surface area contributed by atoms with Gasteiger partial charge in [0, 0.05) is 0 Å². The molecule has 1 aromatic heterocycles. The van der Waals surface area contributed by atoms with Crippen LogP contribution in [0.5, 0.6) is 11.5 Å². The molecule has 0 spiro atoms. The van der Waals surface area contributed by atoms with Crippen LogP contribution in [0.25, 0.3) is 11.0 Å². The van der Waals surface area contributed by atoms with E-state index in [0.717, 1.165) is 4.85 Å². The highest BCUT2D eigenvalue weighted by atomic mass is 31.2. The number of aromatic nitrogens is 3. The van der Waals surface area contributed by atoms with E-state index >= 15 is 0 Å². The Labute approximate surface area is 149 Å². The summed E-state index contributed by atoms with van der Waals surface area (Å²) in [6.45, 7) is 0. The number of fused-ring (bicyclic) bond motifs is 1. The standard InChI is InChI=1S/C18H14N3O4P/c22-26(23-15-9-3-1-4-10-15,24-16-11-5-2-6-12-16)25-21-18-14-8-7-13-17(18)19-20-21/h1-14H. The first-order valence-electron chi connectivity index (χ1n) is 7.82. The van der Waals surface area contributed by atoms with Gasteiger partial charge in [-0.25, -0.2) is 0 Å². The van der Waals surface area contributed by atoms with E-state index in [0.29, 0.717) is 22.5 Å². The van der Waals surface area contributed by atoms with Crippen molar-refractivity contribution < 1.29 is 18.2 Å². The van der Waals surface area contributed by atoms with Crippen LogP contribution in [0.3, 0.4) is 0 Å². The second kappa shape index (κ2) is 6.90. The maximum atomic E-state index is 13.3. The molecule has 0 saturated heterocycles. The second-order valence-electron chi connectivity index (χ2n) is 5.29. The summed E-state index contributed by atoms with van der Waals surface area (Å²) in [7, 11) is -4.10. The first-order chi connectivity index (χ1) is 12.7. The highest BCUT2D eigenvalue weighted by molar-refractivity contribution is 7.49. The second-order valence-corrected chi connectivity index (χ2v) is 6.71. The minimum Gasteiger partial charge on any atom is -0.385 e. The molecular weight excluding hydrogens is 353 g/mol. The zero-order valence-electron chi connectivity index (χ0n) is 13.5. The third-order valence-electron chi connectivity index (χ3n) is 3.42. The van der Waals surface area contributed by atoms with Gasteiger partial charge < -0.3 is 9.05 Å². The molecule has 0 aliphatic rings. The zero-order chi connectivity index (χ0) is 17.8. The smallest absolute Gasteiger partial charge is 0.385 e. The predicted molar refractivity (Wildman–Crippen MR) is 95.9 cm³/mol. The summed E-state index contributed by atoms with van der Waals surface area (Å²) in [6.07, 6.45) is 0. The lowest BCUT2D eigenvalue weighted by Crippen LogP contribution is -2.17. The molecule has 7 nitrogen and oxygen atoms in total. The molecule has 0 radical (unpaired) electrons. The Hall–Kier alpha value is -3.31. The van der Waals surface area contributed by atoms with Crippen molar-refractivity contribution in [2.24, 2.45) is 0 Å². The van der Waals surface area contributed by atoms with E-state index in [4.69, 9.17) is 13.7 Å². The Balaban J connectivity index is 1.68. The largest absolute Gasteiger partial charge is 0.668 e. The van der Waals surface area contributed by atoms with Crippen LogP contribution < -0.4 is 13.7 Å². The quantitative estimate of drug-likeness (QED) is 0.477. The molecule has 0 aliphatic carbocycles. The third-order valence-corrected chi connectivity index (χ3v) is 4.64. The van der Waals surface area contributed by atoms with Gasteiger partial charge in [0.25, 0.3) is 0 Å². The minimum absolute atomic E-state index is 0.344. The summed E-state index contributed by atoms with van der Waals surface area (Å²) in [6, 6.07) is 24.4. The molecule has 3 aromatic carbocycles. The number of benzene rings is 3. The normalized spacial score (nSPS) is 11.2. The fourth-order valence-corrected chi connectivity index (χ4v) is 3.45. The molecule has 130 valence electrons. The summed E-state index contributed by atoms with van der Waals surface area (Å²) in [5, 5.41) is 7.85. The number of hydrogen-bond donors (Lipinski definition) is 0. The number of nitrogens with zero attached hydrogens (tertiary/aromatic N) is 3. The van der Waals surface area contributed by atoms with Gasteiger partial charge >= 0.3 is 7.82 Å². The lowest BCUT2D eigenvalue weighted by Gasteiger charge is -2.18. The molecule has 0 fully saturated rings. The minimum atomic E-state index is -4.10. The van der Waals surface area contributed by atoms with Crippen LogP contribution in [0.4, 0.5) is 0 Å². The van der Waals surface area contributed by atoms with E-state index in [1.54, 1.807) is 66.7 Å². The van der Waals surface area contributed by atoms with Gasteiger partial charge in [-0.2, -0.15) is 4.57 Å². The molecule has 0 N–H and O–H groups in total. The zero-order valence-corrected chi connectivity index (χ0v) is 14.4. The highest BCUT2D eigenvalue weighted by Crippen LogP contribution is 2.46. The van der Waals surface area contributed by atoms with E-state index < -0.39 is 7.82 Å². The van der Waals surface area contributed by atoms with Crippen molar-refractivity contribution in [2.75, 3.05) is 0 Å². The fourth-order valence-electron chi connectivity index (χ4n) is 2.28. The molecule has 4 aromatic rings. The summed E-state index contributed by atoms with van der Waals surface area (Å²) < 4.78 is 29.9. The van der Waals surface area contributed by atoms with Gasteiger partial charge in [0.05, 0.1) is 0 Å². The molecule has 1 heterocycles. The molecule has 0 saturated carbocycles. The average Bonchev–Trinajstić information content (AvgIpc) is 3.06. The van der Waals surface area contributed by atoms with Crippen molar-refractivity contribution in [1.29, 1.82) is 0 Å². The van der Waals surface area contributed by atoms with E-state index in [-0.39, 0.29) is 0 Å². The number of para-hydroxylation sites is 3. The summed E-state index contributed by atoms with van der Waals surface area (Å²) in [5.41, 5.74) is 1.14. The van der Waals surface area contributed by atoms with Gasteiger partial charge in [-0.05, 0) is 41.6 Å². The van der Waals surface area contributed by atoms with Crippen LogP contribution in [0.2, 0.25) is 0 Å². The Morgan fingerprint density at radius 3 is 1.88 bits per heavy atom. The molecule has 26 heavy (non-hydrogen) atoms. The third kappa shape index (κ3) is 3.53. The molecule has 0 bridgehead atoms. The molecule has 0 aliphatic heterocycles. The van der Waals surface area contributed by atoms with Gasteiger partial charge in [-0.1, -0.05) is 53.4 Å². The summed E-state index contributed by atoms with van der Waals surface area (Å²) in [4.78, 5) is 1.04. The van der Waals surface area contributed by atoms with E-state index in [2.05, 4.69) is 10.3 Å². The van der Waals surface area contributed by atoms with Gasteiger partial charge in [0.2, 0.25) is 0 Å². The van der Waals surface area contributed by atoms with Crippen LogP contribution in [0.1, 0.15) is 0 Å². The topological polar surface area (TPSA) is 75.5 Å².